The van der Waals surface area contributed by atoms with E-state index in [-0.39, 0.29) is 11.9 Å². The predicted molar refractivity (Wildman–Crippen MR) is 382 cm³/mol. The van der Waals surface area contributed by atoms with Crippen LogP contribution >= 0.6 is 31.9 Å². The topological polar surface area (TPSA) is 93.2 Å². The molecule has 0 bridgehead atoms. The van der Waals surface area contributed by atoms with Crippen LogP contribution < -0.4 is 0 Å². The fourth-order valence-electron chi connectivity index (χ4n) is 11.8. The summed E-state index contributed by atoms with van der Waals surface area (Å²) in [7, 11) is 0. The van der Waals surface area contributed by atoms with Crippen LogP contribution in [-0.4, -0.2) is 83.6 Å². The molecule has 0 N–H and O–H groups in total. The Balaban J connectivity index is 0. The summed E-state index contributed by atoms with van der Waals surface area (Å²) in [4.78, 5) is 55.3. The third kappa shape index (κ3) is 64.4. The zero-order valence-corrected chi connectivity index (χ0v) is 61.7. The SMILES string of the molecule is CCCCCCCCC(CCCCCC)COC(=O)CCCCCN(CCCCCC)C(=O)CCCCCCCCCBr.CCCCCCCCC(CCCCCC)COC(=O)CCCCCN(CCCCCC)C(=O)CCCCCCCCCBr. The average molecular weight is 1350 g/mol. The highest BCUT2D eigenvalue weighted by Gasteiger charge is 2.17. The summed E-state index contributed by atoms with van der Waals surface area (Å²) in [5, 5.41) is 2.22. The van der Waals surface area contributed by atoms with Gasteiger partial charge in [-0.3, -0.25) is 19.2 Å². The van der Waals surface area contributed by atoms with Gasteiger partial charge in [-0.05, 0) is 102 Å². The molecule has 2 unspecified atom stereocenters. The van der Waals surface area contributed by atoms with Gasteiger partial charge in [-0.2, -0.15) is 0 Å². The summed E-state index contributed by atoms with van der Waals surface area (Å²) >= 11 is 7.01. The molecule has 0 heterocycles. The van der Waals surface area contributed by atoms with Gasteiger partial charge in [-0.15, -0.1) is 0 Å². The molecule has 0 aliphatic rings. The van der Waals surface area contributed by atoms with Crippen molar-refractivity contribution in [1.29, 1.82) is 0 Å². The van der Waals surface area contributed by atoms with Gasteiger partial charge in [0.25, 0.3) is 0 Å². The standard InChI is InChI=1S/2C38H74BrNO3/c2*1-4-7-10-13-17-22-29-36(28-21-11-8-5-2)35-43-38(42)31-24-20-27-34-40(33-26-12-9-6-3)37(41)30-23-18-15-14-16-19-25-32-39/h2*36H,4-35H2,1-3H3. The highest BCUT2D eigenvalue weighted by atomic mass is 79.9. The number of hydrogen-bond donors (Lipinski definition) is 0. The highest BCUT2D eigenvalue weighted by molar-refractivity contribution is 9.09. The Morgan fingerprint density at radius 3 is 0.756 bits per heavy atom. The number of ether oxygens (including phenoxy) is 2. The number of amides is 2. The summed E-state index contributed by atoms with van der Waals surface area (Å²) in [6.07, 6.45) is 65.8. The van der Waals surface area contributed by atoms with Gasteiger partial charge >= 0.3 is 11.9 Å². The summed E-state index contributed by atoms with van der Waals surface area (Å²) in [5.74, 6) is 1.68. The molecular weight excluding hydrogens is 1200 g/mol. The minimum Gasteiger partial charge on any atom is -0.465 e. The molecule has 0 aromatic heterocycles. The lowest BCUT2D eigenvalue weighted by Crippen LogP contribution is -2.32. The second-order valence-electron chi connectivity index (χ2n) is 26.2. The van der Waals surface area contributed by atoms with Crippen LogP contribution in [0.5, 0.6) is 0 Å². The molecule has 0 saturated carbocycles. The van der Waals surface area contributed by atoms with E-state index < -0.39 is 0 Å². The molecule has 512 valence electrons. The third-order valence-electron chi connectivity index (χ3n) is 17.8. The fraction of sp³-hybridized carbons (Fsp3) is 0.947. The van der Waals surface area contributed by atoms with Crippen molar-refractivity contribution >= 4 is 55.6 Å². The maximum atomic E-state index is 13.0. The number of rotatable bonds is 68. The van der Waals surface area contributed by atoms with Crippen molar-refractivity contribution in [2.45, 2.75) is 401 Å². The summed E-state index contributed by atoms with van der Waals surface area (Å²) in [5.41, 5.74) is 0. The van der Waals surface area contributed by atoms with Crippen LogP contribution in [0, 0.1) is 11.8 Å². The van der Waals surface area contributed by atoms with E-state index in [0.29, 0.717) is 62.5 Å². The lowest BCUT2D eigenvalue weighted by molar-refractivity contribution is -0.146. The second kappa shape index (κ2) is 72.9. The number of nitrogens with zero attached hydrogens (tertiary/aromatic N) is 2. The molecule has 0 aromatic carbocycles. The van der Waals surface area contributed by atoms with Gasteiger partial charge in [0.2, 0.25) is 11.8 Å². The zero-order valence-electron chi connectivity index (χ0n) is 58.5. The number of alkyl halides is 2. The van der Waals surface area contributed by atoms with Crippen molar-refractivity contribution in [1.82, 2.24) is 9.80 Å². The van der Waals surface area contributed by atoms with Crippen LogP contribution in [0.4, 0.5) is 0 Å². The molecule has 0 aromatic rings. The Bertz CT molecular complexity index is 1300. The minimum absolute atomic E-state index is 0.0267. The van der Waals surface area contributed by atoms with Gasteiger partial charge in [0, 0.05) is 62.5 Å². The molecule has 86 heavy (non-hydrogen) atoms. The van der Waals surface area contributed by atoms with Crippen molar-refractivity contribution in [2.75, 3.05) is 50.1 Å². The number of hydrogen-bond acceptors (Lipinski definition) is 6. The summed E-state index contributed by atoms with van der Waals surface area (Å²) in [6.45, 7) is 18.2. The first-order valence-corrected chi connectivity index (χ1v) is 40.4. The molecule has 0 aliphatic carbocycles. The van der Waals surface area contributed by atoms with Crippen molar-refractivity contribution in [2.24, 2.45) is 11.8 Å². The molecule has 0 spiro atoms. The molecule has 0 saturated heterocycles. The quantitative estimate of drug-likeness (QED) is 0.0342. The van der Waals surface area contributed by atoms with E-state index in [1.54, 1.807) is 0 Å². The van der Waals surface area contributed by atoms with Gasteiger partial charge in [0.1, 0.15) is 0 Å². The van der Waals surface area contributed by atoms with Gasteiger partial charge in [0.15, 0.2) is 0 Å². The lowest BCUT2D eigenvalue weighted by Gasteiger charge is -2.23. The van der Waals surface area contributed by atoms with Crippen LogP contribution in [0.3, 0.4) is 0 Å². The smallest absolute Gasteiger partial charge is 0.305 e. The van der Waals surface area contributed by atoms with Crippen molar-refractivity contribution in [3.63, 3.8) is 0 Å². The van der Waals surface area contributed by atoms with Crippen LogP contribution in [-0.2, 0) is 28.7 Å². The number of unbranched alkanes of at least 4 members (excludes halogenated alkanes) is 38. The largest absolute Gasteiger partial charge is 0.465 e. The first kappa shape index (κ1) is 86.9. The molecule has 10 heteroatoms. The van der Waals surface area contributed by atoms with Crippen molar-refractivity contribution in [3.05, 3.63) is 0 Å². The first-order chi connectivity index (χ1) is 42.2. The Hall–Kier alpha value is -1.16. The number of carbonyl (C=O) groups excluding carboxylic acids is 4. The van der Waals surface area contributed by atoms with E-state index in [0.717, 1.165) is 101 Å². The van der Waals surface area contributed by atoms with Crippen LogP contribution in [0.15, 0.2) is 0 Å². The fourth-order valence-corrected chi connectivity index (χ4v) is 12.6. The Morgan fingerprint density at radius 1 is 0.267 bits per heavy atom. The van der Waals surface area contributed by atoms with Gasteiger partial charge in [-0.25, -0.2) is 0 Å². The van der Waals surface area contributed by atoms with Gasteiger partial charge in [0.05, 0.1) is 13.2 Å². The maximum absolute atomic E-state index is 13.0. The second-order valence-corrected chi connectivity index (χ2v) is 27.8. The van der Waals surface area contributed by atoms with Crippen molar-refractivity contribution in [3.8, 4) is 0 Å². The van der Waals surface area contributed by atoms with E-state index in [1.165, 1.54) is 270 Å². The Morgan fingerprint density at radius 2 is 0.477 bits per heavy atom. The van der Waals surface area contributed by atoms with E-state index in [1.807, 2.05) is 0 Å². The molecule has 2 atom stereocenters. The summed E-state index contributed by atoms with van der Waals surface area (Å²) < 4.78 is 11.6. The number of esters is 2. The van der Waals surface area contributed by atoms with Crippen molar-refractivity contribution < 1.29 is 28.7 Å². The molecular formula is C76H148Br2N2O6. The third-order valence-corrected chi connectivity index (χ3v) is 18.9. The lowest BCUT2D eigenvalue weighted by atomic mass is 9.95. The Labute approximate surface area is 553 Å². The monoisotopic (exact) mass is 1340 g/mol. The van der Waals surface area contributed by atoms with Gasteiger partial charge < -0.3 is 19.3 Å². The number of carbonyl (C=O) groups is 4. The zero-order chi connectivity index (χ0) is 63.3. The highest BCUT2D eigenvalue weighted by Crippen LogP contribution is 2.23. The molecule has 2 amide bonds. The predicted octanol–water partition coefficient (Wildman–Crippen LogP) is 24.7. The van der Waals surface area contributed by atoms with E-state index in [2.05, 4.69) is 83.2 Å². The van der Waals surface area contributed by atoms with Crippen LogP contribution in [0.2, 0.25) is 0 Å². The number of halogens is 2. The van der Waals surface area contributed by atoms with E-state index in [9.17, 15) is 19.2 Å². The molecule has 0 rings (SSSR count). The normalized spacial score (nSPS) is 12.0. The average Bonchev–Trinajstić information content (AvgIpc) is 3.58. The molecule has 8 nitrogen and oxygen atoms in total. The van der Waals surface area contributed by atoms with E-state index >= 15 is 0 Å². The van der Waals surface area contributed by atoms with Crippen LogP contribution in [0.1, 0.15) is 401 Å². The first-order valence-electron chi connectivity index (χ1n) is 38.2. The molecule has 0 aliphatic heterocycles. The molecule has 0 fully saturated rings. The summed E-state index contributed by atoms with van der Waals surface area (Å²) in [6, 6.07) is 0. The minimum atomic E-state index is -0.0267. The van der Waals surface area contributed by atoms with Crippen LogP contribution in [0.25, 0.3) is 0 Å². The maximum Gasteiger partial charge on any atom is 0.305 e. The van der Waals surface area contributed by atoms with Gasteiger partial charge in [-0.1, -0.05) is 317 Å². The van der Waals surface area contributed by atoms with E-state index in [4.69, 9.17) is 9.47 Å². The molecule has 0 radical (unpaired) electrons. The Kier molecular flexibility index (Phi) is 73.7.